The zero-order valence-corrected chi connectivity index (χ0v) is 18.5. The van der Waals surface area contributed by atoms with Crippen molar-refractivity contribution < 1.29 is 4.79 Å². The maximum Gasteiger partial charge on any atom is 0.220 e. The minimum atomic E-state index is 0.147. The van der Waals surface area contributed by atoms with Crippen molar-refractivity contribution in [1.29, 1.82) is 0 Å². The zero-order chi connectivity index (χ0) is 22.2. The van der Waals surface area contributed by atoms with Crippen LogP contribution in [0, 0.1) is 0 Å². The maximum atomic E-state index is 11.6. The Balaban J connectivity index is 1.40. The third-order valence-electron chi connectivity index (χ3n) is 6.41. The number of aromatic nitrogens is 5. The molecule has 8 nitrogen and oxygen atoms in total. The Morgan fingerprint density at radius 2 is 1.97 bits per heavy atom. The molecule has 3 aromatic rings. The predicted octanol–water partition coefficient (Wildman–Crippen LogP) is 3.05. The van der Waals surface area contributed by atoms with Crippen LogP contribution in [0.2, 0.25) is 0 Å². The van der Waals surface area contributed by atoms with E-state index < -0.39 is 0 Å². The van der Waals surface area contributed by atoms with Gasteiger partial charge in [0.1, 0.15) is 0 Å². The van der Waals surface area contributed by atoms with Crippen molar-refractivity contribution in [2.45, 2.75) is 45.6 Å². The first-order chi connectivity index (χ1) is 15.5. The lowest BCUT2D eigenvalue weighted by Crippen LogP contribution is -2.37. The number of rotatable bonds is 4. The third-order valence-corrected chi connectivity index (χ3v) is 6.41. The van der Waals surface area contributed by atoms with Gasteiger partial charge in [-0.05, 0) is 31.4 Å². The Bertz CT molecular complexity index is 1200. The molecule has 164 valence electrons. The summed E-state index contributed by atoms with van der Waals surface area (Å²) in [5.41, 5.74) is 13.0. The highest BCUT2D eigenvalue weighted by Gasteiger charge is 2.24. The molecule has 0 unspecified atom stereocenters. The zero-order valence-electron chi connectivity index (χ0n) is 18.5. The number of hydrogen-bond acceptors (Lipinski definition) is 6. The number of nitrogen functional groups attached to an aromatic ring is 1. The molecular formula is C24H27N7O. The molecule has 2 N–H and O–H groups in total. The highest BCUT2D eigenvalue weighted by atomic mass is 16.2. The van der Waals surface area contributed by atoms with Gasteiger partial charge in [0.25, 0.3) is 0 Å². The van der Waals surface area contributed by atoms with Crippen LogP contribution in [-0.2, 0) is 17.6 Å². The lowest BCUT2D eigenvalue weighted by molar-refractivity contribution is -0.130. The molecule has 4 heterocycles. The summed E-state index contributed by atoms with van der Waals surface area (Å²) in [5.74, 6) is 0.448. The molecule has 0 bridgehead atoms. The van der Waals surface area contributed by atoms with E-state index in [0.717, 1.165) is 78.1 Å². The van der Waals surface area contributed by atoms with Crippen molar-refractivity contribution in [1.82, 2.24) is 29.6 Å². The van der Waals surface area contributed by atoms with Crippen LogP contribution in [0.4, 0.5) is 5.95 Å². The standard InChI is InChI=1S/C24H27N7O/c1-3-18-11-23(29-24(25)28-18)20-4-5-22-21(20)10-16(12-26-22)17-13-27-31(14-17)19-6-8-30(9-7-19)15(2)32/h4,10-14,19H,3,5-9H2,1-2H3,(H2,25,28,29). The van der Waals surface area contributed by atoms with Crippen LogP contribution in [0.1, 0.15) is 55.4 Å². The molecule has 5 rings (SSSR count). The number of carbonyl (C=O) groups is 1. The fourth-order valence-electron chi connectivity index (χ4n) is 4.57. The number of carbonyl (C=O) groups excluding carboxylic acids is 1. The van der Waals surface area contributed by atoms with Crippen LogP contribution < -0.4 is 5.73 Å². The van der Waals surface area contributed by atoms with Crippen molar-refractivity contribution >= 4 is 17.4 Å². The van der Waals surface area contributed by atoms with E-state index in [4.69, 9.17) is 10.7 Å². The van der Waals surface area contributed by atoms with Gasteiger partial charge < -0.3 is 10.6 Å². The van der Waals surface area contributed by atoms with Crippen LogP contribution in [0.3, 0.4) is 0 Å². The number of hydrogen-bond donors (Lipinski definition) is 1. The Morgan fingerprint density at radius 3 is 2.72 bits per heavy atom. The summed E-state index contributed by atoms with van der Waals surface area (Å²) in [6, 6.07) is 4.49. The molecule has 0 aromatic carbocycles. The largest absolute Gasteiger partial charge is 0.368 e. The molecule has 32 heavy (non-hydrogen) atoms. The summed E-state index contributed by atoms with van der Waals surface area (Å²) in [5, 5.41) is 4.62. The summed E-state index contributed by atoms with van der Waals surface area (Å²) in [6.45, 7) is 5.26. The molecule has 1 fully saturated rings. The number of fused-ring (bicyclic) bond motifs is 1. The molecule has 0 spiro atoms. The van der Waals surface area contributed by atoms with Gasteiger partial charge in [-0.1, -0.05) is 13.0 Å². The Labute approximate surface area is 187 Å². The molecule has 2 aliphatic rings. The van der Waals surface area contributed by atoms with Crippen molar-refractivity contribution in [3.05, 3.63) is 59.4 Å². The number of nitrogens with zero attached hydrogens (tertiary/aromatic N) is 6. The summed E-state index contributed by atoms with van der Waals surface area (Å²) >= 11 is 0. The Kier molecular flexibility index (Phi) is 5.20. The van der Waals surface area contributed by atoms with E-state index in [1.165, 1.54) is 0 Å². The van der Waals surface area contributed by atoms with E-state index in [9.17, 15) is 4.79 Å². The van der Waals surface area contributed by atoms with Gasteiger partial charge in [-0.25, -0.2) is 9.97 Å². The van der Waals surface area contributed by atoms with Gasteiger partial charge in [-0.2, -0.15) is 5.10 Å². The number of allylic oxidation sites excluding steroid dienone is 1. The SMILES string of the molecule is CCc1cc(C2=CCc3ncc(-c4cnn(C5CCN(C(C)=O)CC5)c4)cc32)nc(N)n1. The van der Waals surface area contributed by atoms with Gasteiger partial charge >= 0.3 is 0 Å². The van der Waals surface area contributed by atoms with Crippen molar-refractivity contribution in [3.63, 3.8) is 0 Å². The van der Waals surface area contributed by atoms with Crippen LogP contribution >= 0.6 is 0 Å². The summed E-state index contributed by atoms with van der Waals surface area (Å²) < 4.78 is 2.04. The first-order valence-electron chi connectivity index (χ1n) is 11.1. The molecule has 0 atom stereocenters. The number of aryl methyl sites for hydroxylation is 1. The minimum Gasteiger partial charge on any atom is -0.368 e. The van der Waals surface area contributed by atoms with Crippen LogP contribution in [-0.4, -0.2) is 48.6 Å². The molecule has 1 saturated heterocycles. The van der Waals surface area contributed by atoms with Crippen molar-refractivity contribution in [2.75, 3.05) is 18.8 Å². The van der Waals surface area contributed by atoms with E-state index in [0.29, 0.717) is 12.0 Å². The number of likely N-dealkylation sites (tertiary alicyclic amines) is 1. The van der Waals surface area contributed by atoms with Gasteiger partial charge in [0.2, 0.25) is 11.9 Å². The Morgan fingerprint density at radius 1 is 1.16 bits per heavy atom. The number of piperidine rings is 1. The molecule has 0 saturated carbocycles. The van der Waals surface area contributed by atoms with E-state index >= 15 is 0 Å². The van der Waals surface area contributed by atoms with Crippen molar-refractivity contribution in [3.8, 4) is 11.1 Å². The normalized spacial score (nSPS) is 16.2. The summed E-state index contributed by atoms with van der Waals surface area (Å²) in [4.78, 5) is 27.0. The van der Waals surface area contributed by atoms with Gasteiger partial charge in [0, 0.05) is 66.8 Å². The number of amides is 1. The Hall–Kier alpha value is -3.55. The topological polar surface area (TPSA) is 103 Å². The first-order valence-corrected chi connectivity index (χ1v) is 11.1. The van der Waals surface area contributed by atoms with Gasteiger partial charge in [0.15, 0.2) is 0 Å². The fraction of sp³-hybridized carbons (Fsp3) is 0.375. The van der Waals surface area contributed by atoms with Gasteiger partial charge in [0.05, 0.1) is 23.6 Å². The molecule has 1 amide bonds. The lowest BCUT2D eigenvalue weighted by atomic mass is 10.0. The van der Waals surface area contributed by atoms with Gasteiger partial charge in [-0.15, -0.1) is 0 Å². The maximum absolute atomic E-state index is 11.6. The second-order valence-electron chi connectivity index (χ2n) is 8.44. The molecule has 1 aliphatic carbocycles. The quantitative estimate of drug-likeness (QED) is 0.684. The second-order valence-corrected chi connectivity index (χ2v) is 8.44. The number of nitrogens with two attached hydrogens (primary N) is 1. The van der Waals surface area contributed by atoms with E-state index in [1.54, 1.807) is 6.92 Å². The van der Waals surface area contributed by atoms with E-state index in [1.807, 2.05) is 28.0 Å². The predicted molar refractivity (Wildman–Crippen MR) is 123 cm³/mol. The molecule has 0 radical (unpaired) electrons. The summed E-state index contributed by atoms with van der Waals surface area (Å²) in [6.07, 6.45) is 11.5. The lowest BCUT2D eigenvalue weighted by Gasteiger charge is -2.31. The highest BCUT2D eigenvalue weighted by molar-refractivity contribution is 5.84. The molecule has 1 aliphatic heterocycles. The van der Waals surface area contributed by atoms with E-state index in [2.05, 4.69) is 40.3 Å². The van der Waals surface area contributed by atoms with E-state index in [-0.39, 0.29) is 5.91 Å². The van der Waals surface area contributed by atoms with Crippen LogP contribution in [0.15, 0.2) is 36.8 Å². The third kappa shape index (κ3) is 3.77. The second kappa shape index (κ2) is 8.18. The monoisotopic (exact) mass is 429 g/mol. The first kappa shape index (κ1) is 20.4. The van der Waals surface area contributed by atoms with Gasteiger partial charge in [-0.3, -0.25) is 14.5 Å². The summed E-state index contributed by atoms with van der Waals surface area (Å²) in [7, 11) is 0. The molecule has 3 aromatic heterocycles. The van der Waals surface area contributed by atoms with Crippen LogP contribution in [0.25, 0.3) is 16.7 Å². The highest BCUT2D eigenvalue weighted by Crippen LogP contribution is 2.34. The number of pyridine rings is 1. The number of anilines is 1. The average molecular weight is 430 g/mol. The van der Waals surface area contributed by atoms with Crippen LogP contribution in [0.5, 0.6) is 0 Å². The fourth-order valence-corrected chi connectivity index (χ4v) is 4.57. The smallest absolute Gasteiger partial charge is 0.220 e. The minimum absolute atomic E-state index is 0.147. The molecule has 8 heteroatoms. The molecular weight excluding hydrogens is 402 g/mol. The van der Waals surface area contributed by atoms with Crippen molar-refractivity contribution in [2.24, 2.45) is 0 Å². The average Bonchev–Trinajstić information content (AvgIpc) is 3.46.